The molecular formula is C10H12BrN3O2. The Morgan fingerprint density at radius 3 is 3.12 bits per heavy atom. The highest BCUT2D eigenvalue weighted by Crippen LogP contribution is 2.22. The van der Waals surface area contributed by atoms with Crippen LogP contribution in [-0.2, 0) is 0 Å². The quantitative estimate of drug-likeness (QED) is 0.868. The van der Waals surface area contributed by atoms with Crippen LogP contribution in [0.3, 0.4) is 0 Å². The fourth-order valence-electron chi connectivity index (χ4n) is 1.86. The minimum absolute atomic E-state index is 0.0106. The lowest BCUT2D eigenvalue weighted by atomic mass is 10.3. The molecule has 16 heavy (non-hydrogen) atoms. The smallest absolute Gasteiger partial charge is 0.404 e. The van der Waals surface area contributed by atoms with Crippen molar-refractivity contribution in [2.75, 3.05) is 18.0 Å². The largest absolute Gasteiger partial charge is 0.465 e. The van der Waals surface area contributed by atoms with E-state index in [-0.39, 0.29) is 6.04 Å². The van der Waals surface area contributed by atoms with E-state index in [0.29, 0.717) is 6.54 Å². The van der Waals surface area contributed by atoms with Crippen molar-refractivity contribution in [3.8, 4) is 0 Å². The topological polar surface area (TPSA) is 65.5 Å². The van der Waals surface area contributed by atoms with Crippen LogP contribution in [0.25, 0.3) is 0 Å². The number of hydrogen-bond acceptors (Lipinski definition) is 3. The molecule has 1 aromatic heterocycles. The molecule has 0 aromatic carbocycles. The minimum atomic E-state index is -0.959. The molecule has 1 fully saturated rings. The maximum Gasteiger partial charge on any atom is 0.404 e. The summed E-state index contributed by atoms with van der Waals surface area (Å²) < 4.78 is 0.930. The van der Waals surface area contributed by atoms with Gasteiger partial charge in [0.25, 0.3) is 0 Å². The Balaban J connectivity index is 2.00. The van der Waals surface area contributed by atoms with E-state index in [4.69, 9.17) is 5.11 Å². The van der Waals surface area contributed by atoms with E-state index < -0.39 is 6.09 Å². The number of carboxylic acid groups (broad SMARTS) is 1. The van der Waals surface area contributed by atoms with Crippen molar-refractivity contribution in [1.82, 2.24) is 10.3 Å². The fourth-order valence-corrected chi connectivity index (χ4v) is 2.21. The number of amides is 1. The molecule has 5 nitrogen and oxygen atoms in total. The number of hydrogen-bond donors (Lipinski definition) is 2. The Hall–Kier alpha value is -1.30. The predicted octanol–water partition coefficient (Wildman–Crippen LogP) is 1.69. The third-order valence-electron chi connectivity index (χ3n) is 2.57. The molecule has 1 atom stereocenters. The summed E-state index contributed by atoms with van der Waals surface area (Å²) in [4.78, 5) is 16.7. The molecule has 1 aliphatic rings. The highest BCUT2D eigenvalue weighted by molar-refractivity contribution is 9.10. The molecule has 1 aliphatic heterocycles. The van der Waals surface area contributed by atoms with Crippen molar-refractivity contribution in [2.24, 2.45) is 0 Å². The summed E-state index contributed by atoms with van der Waals surface area (Å²) in [7, 11) is 0. The van der Waals surface area contributed by atoms with Crippen molar-refractivity contribution in [3.63, 3.8) is 0 Å². The molecule has 0 spiro atoms. The molecule has 1 saturated heterocycles. The van der Waals surface area contributed by atoms with Crippen molar-refractivity contribution in [1.29, 1.82) is 0 Å². The second-order valence-electron chi connectivity index (χ2n) is 3.74. The van der Waals surface area contributed by atoms with Crippen molar-refractivity contribution >= 4 is 27.7 Å². The summed E-state index contributed by atoms with van der Waals surface area (Å²) in [5.41, 5.74) is 1.02. The number of halogens is 1. The van der Waals surface area contributed by atoms with Gasteiger partial charge in [0.05, 0.1) is 17.9 Å². The molecule has 0 saturated carbocycles. The van der Waals surface area contributed by atoms with Gasteiger partial charge >= 0.3 is 6.09 Å². The van der Waals surface area contributed by atoms with Gasteiger partial charge in [-0.2, -0.15) is 0 Å². The first kappa shape index (κ1) is 11.2. The molecule has 0 unspecified atom stereocenters. The molecule has 0 aliphatic carbocycles. The summed E-state index contributed by atoms with van der Waals surface area (Å²) >= 11 is 3.37. The highest BCUT2D eigenvalue weighted by Gasteiger charge is 2.24. The lowest BCUT2D eigenvalue weighted by molar-refractivity contribution is 0.191. The molecule has 2 N–H and O–H groups in total. The van der Waals surface area contributed by atoms with Crippen LogP contribution in [0.5, 0.6) is 0 Å². The predicted molar refractivity (Wildman–Crippen MR) is 63.7 cm³/mol. The number of aromatic nitrogens is 1. The minimum Gasteiger partial charge on any atom is -0.465 e. The van der Waals surface area contributed by atoms with Gasteiger partial charge in [-0.3, -0.25) is 4.98 Å². The summed E-state index contributed by atoms with van der Waals surface area (Å²) in [6, 6.07) is 1.99. The van der Waals surface area contributed by atoms with Crippen LogP contribution in [0.4, 0.5) is 10.5 Å². The maximum atomic E-state index is 10.5. The number of anilines is 1. The van der Waals surface area contributed by atoms with Crippen molar-refractivity contribution < 1.29 is 9.90 Å². The Bertz CT molecular complexity index is 399. The van der Waals surface area contributed by atoms with Crippen LogP contribution in [0, 0.1) is 0 Å². The average molecular weight is 286 g/mol. The van der Waals surface area contributed by atoms with Gasteiger partial charge < -0.3 is 15.3 Å². The van der Waals surface area contributed by atoms with E-state index in [0.717, 1.165) is 23.1 Å². The molecule has 6 heteroatoms. The van der Waals surface area contributed by atoms with Gasteiger partial charge in [-0.25, -0.2) is 4.79 Å². The zero-order chi connectivity index (χ0) is 11.5. The molecular weight excluding hydrogens is 274 g/mol. The van der Waals surface area contributed by atoms with Crippen LogP contribution in [-0.4, -0.2) is 35.3 Å². The summed E-state index contributed by atoms with van der Waals surface area (Å²) in [5.74, 6) is 0. The van der Waals surface area contributed by atoms with E-state index in [9.17, 15) is 4.79 Å². The van der Waals surface area contributed by atoms with Crippen LogP contribution < -0.4 is 10.2 Å². The van der Waals surface area contributed by atoms with Crippen LogP contribution in [0.1, 0.15) is 6.42 Å². The van der Waals surface area contributed by atoms with Crippen LogP contribution in [0.2, 0.25) is 0 Å². The number of pyridine rings is 1. The second-order valence-corrected chi connectivity index (χ2v) is 4.66. The molecule has 1 amide bonds. The number of carbonyl (C=O) groups is 1. The first-order valence-electron chi connectivity index (χ1n) is 5.00. The molecule has 1 aromatic rings. The number of nitrogens with zero attached hydrogens (tertiary/aromatic N) is 2. The van der Waals surface area contributed by atoms with E-state index in [1.807, 2.05) is 6.07 Å². The Morgan fingerprint density at radius 1 is 1.62 bits per heavy atom. The normalized spacial score (nSPS) is 19.8. The van der Waals surface area contributed by atoms with E-state index in [2.05, 4.69) is 31.1 Å². The summed E-state index contributed by atoms with van der Waals surface area (Å²) in [6.07, 6.45) is 3.39. The number of nitrogens with one attached hydrogen (secondary N) is 1. The fraction of sp³-hybridized carbons (Fsp3) is 0.400. The zero-order valence-electron chi connectivity index (χ0n) is 8.56. The molecule has 2 rings (SSSR count). The van der Waals surface area contributed by atoms with Crippen molar-refractivity contribution in [2.45, 2.75) is 12.5 Å². The summed E-state index contributed by atoms with van der Waals surface area (Å²) in [6.45, 7) is 1.55. The zero-order valence-corrected chi connectivity index (χ0v) is 10.1. The van der Waals surface area contributed by atoms with Gasteiger partial charge in [-0.1, -0.05) is 0 Å². The monoisotopic (exact) mass is 285 g/mol. The molecule has 86 valence electrons. The van der Waals surface area contributed by atoms with Crippen molar-refractivity contribution in [3.05, 3.63) is 22.9 Å². The molecule has 2 heterocycles. The molecule has 0 radical (unpaired) electrons. The molecule has 0 bridgehead atoms. The second kappa shape index (κ2) is 4.69. The van der Waals surface area contributed by atoms with Gasteiger partial charge in [0.1, 0.15) is 0 Å². The first-order valence-corrected chi connectivity index (χ1v) is 5.79. The van der Waals surface area contributed by atoms with Crippen LogP contribution >= 0.6 is 15.9 Å². The first-order chi connectivity index (χ1) is 7.65. The number of rotatable bonds is 2. The lowest BCUT2D eigenvalue weighted by Crippen LogP contribution is -2.36. The Kier molecular flexibility index (Phi) is 3.28. The van der Waals surface area contributed by atoms with Gasteiger partial charge in [0.15, 0.2) is 0 Å². The summed E-state index contributed by atoms with van der Waals surface area (Å²) in [5, 5.41) is 11.1. The maximum absolute atomic E-state index is 10.5. The van der Waals surface area contributed by atoms with E-state index in [1.54, 1.807) is 12.4 Å². The Morgan fingerprint density at radius 2 is 2.44 bits per heavy atom. The Labute approximate surface area is 102 Å². The third-order valence-corrected chi connectivity index (χ3v) is 3.01. The van der Waals surface area contributed by atoms with Crippen LogP contribution in [0.15, 0.2) is 22.9 Å². The van der Waals surface area contributed by atoms with Gasteiger partial charge in [-0.15, -0.1) is 0 Å². The van der Waals surface area contributed by atoms with E-state index in [1.165, 1.54) is 0 Å². The lowest BCUT2D eigenvalue weighted by Gasteiger charge is -2.18. The van der Waals surface area contributed by atoms with Gasteiger partial charge in [-0.05, 0) is 28.4 Å². The van der Waals surface area contributed by atoms with Gasteiger partial charge in [0.2, 0.25) is 0 Å². The highest BCUT2D eigenvalue weighted by atomic mass is 79.9. The van der Waals surface area contributed by atoms with Gasteiger partial charge in [0, 0.05) is 23.8 Å². The third kappa shape index (κ3) is 2.63. The average Bonchev–Trinajstić information content (AvgIpc) is 2.65. The van der Waals surface area contributed by atoms with E-state index >= 15 is 0 Å². The SMILES string of the molecule is O=C(O)N[C@@H]1CCN(c2cncc(Br)c2)C1. The standard InChI is InChI=1S/C10H12BrN3O2/c11-7-3-9(5-12-4-7)14-2-1-8(6-14)13-10(15)16/h3-5,8,13H,1-2,6H2,(H,15,16)/t8-/m1/s1.